The Morgan fingerprint density at radius 3 is 2.50 bits per heavy atom. The number of rotatable bonds is 2. The number of hydrogen-bond donors (Lipinski definition) is 3. The van der Waals surface area contributed by atoms with Crippen LogP contribution in [0.4, 0.5) is 4.79 Å². The largest absolute Gasteiger partial charge is 0.514 e. The fourth-order valence-electron chi connectivity index (χ4n) is 5.73. The highest BCUT2D eigenvalue weighted by atomic mass is 16.7. The van der Waals surface area contributed by atoms with Crippen LogP contribution in [0.3, 0.4) is 0 Å². The summed E-state index contributed by atoms with van der Waals surface area (Å²) in [4.78, 5) is 39.3. The Bertz CT molecular complexity index is 1140. The highest BCUT2D eigenvalue weighted by molar-refractivity contribution is 5.93. The molecule has 0 saturated carbocycles. The van der Waals surface area contributed by atoms with Gasteiger partial charge in [0.1, 0.15) is 5.60 Å². The van der Waals surface area contributed by atoms with Crippen molar-refractivity contribution in [3.63, 3.8) is 0 Å². The third-order valence-corrected chi connectivity index (χ3v) is 7.79. The molecule has 8 nitrogen and oxygen atoms in total. The molecule has 1 saturated heterocycles. The minimum absolute atomic E-state index is 0.262. The van der Waals surface area contributed by atoms with Gasteiger partial charge in [0.2, 0.25) is 5.60 Å². The van der Waals surface area contributed by atoms with E-state index in [9.17, 15) is 24.6 Å². The first-order valence-corrected chi connectivity index (χ1v) is 12.2. The summed E-state index contributed by atoms with van der Waals surface area (Å²) in [6.07, 6.45) is 3.84. The first kappa shape index (κ1) is 25.9. The van der Waals surface area contributed by atoms with Crippen LogP contribution in [0.5, 0.6) is 0 Å². The molecule has 3 aliphatic rings. The number of aliphatic hydroxyl groups excluding tert-OH is 1. The number of benzene rings is 1. The van der Waals surface area contributed by atoms with Gasteiger partial charge in [-0.25, -0.2) is 4.79 Å². The Kier molecular flexibility index (Phi) is 6.94. The van der Waals surface area contributed by atoms with Crippen molar-refractivity contribution < 1.29 is 34.1 Å². The van der Waals surface area contributed by atoms with Crippen molar-refractivity contribution in [3.8, 4) is 0 Å². The smallest absolute Gasteiger partial charge is 0.416 e. The molecule has 2 aliphatic heterocycles. The number of allylic oxidation sites excluding steroid dienone is 1. The minimum Gasteiger partial charge on any atom is -0.416 e. The van der Waals surface area contributed by atoms with Crippen LogP contribution in [0, 0.1) is 17.8 Å². The van der Waals surface area contributed by atoms with Gasteiger partial charge in [-0.1, -0.05) is 55.0 Å². The number of carbonyl (C=O) groups excluding carboxylic acids is 3. The lowest BCUT2D eigenvalue weighted by atomic mass is 9.63. The van der Waals surface area contributed by atoms with Gasteiger partial charge in [0.25, 0.3) is 5.91 Å². The van der Waals surface area contributed by atoms with E-state index in [0.717, 1.165) is 23.5 Å². The van der Waals surface area contributed by atoms with Crippen LogP contribution in [0.1, 0.15) is 39.7 Å². The Morgan fingerprint density at radius 1 is 1.11 bits per heavy atom. The number of cyclic esters (lactones) is 1. The normalized spacial score (nSPS) is 37.1. The summed E-state index contributed by atoms with van der Waals surface area (Å²) in [5, 5.41) is 24.8. The maximum absolute atomic E-state index is 13.7. The third kappa shape index (κ3) is 4.40. The number of nitrogens with one attached hydrogen (secondary N) is 1. The van der Waals surface area contributed by atoms with E-state index in [0.29, 0.717) is 12.0 Å². The quantitative estimate of drug-likeness (QED) is 0.426. The Labute approximate surface area is 210 Å². The van der Waals surface area contributed by atoms with E-state index in [2.05, 4.69) is 5.32 Å². The summed E-state index contributed by atoms with van der Waals surface area (Å²) in [7, 11) is 0. The Hall–Kier alpha value is -3.23. The van der Waals surface area contributed by atoms with Crippen molar-refractivity contribution in [1.29, 1.82) is 0 Å². The number of ketones is 1. The molecule has 0 bridgehead atoms. The fourth-order valence-corrected chi connectivity index (χ4v) is 5.73. The Balaban J connectivity index is 1.82. The van der Waals surface area contributed by atoms with E-state index in [4.69, 9.17) is 9.47 Å². The van der Waals surface area contributed by atoms with E-state index < -0.39 is 58.9 Å². The fraction of sp³-hybridized carbons (Fsp3) is 0.464. The van der Waals surface area contributed by atoms with Crippen LogP contribution in [0.2, 0.25) is 0 Å². The van der Waals surface area contributed by atoms with Gasteiger partial charge >= 0.3 is 6.16 Å². The number of hydrogen-bond acceptors (Lipinski definition) is 7. The van der Waals surface area contributed by atoms with Gasteiger partial charge in [0.15, 0.2) is 5.78 Å². The van der Waals surface area contributed by atoms with Crippen LogP contribution in [-0.4, -0.2) is 51.4 Å². The standard InChI is InChI=1S/C28H33NO7/c1-16-9-8-12-20-23(30)18(3)17(2)22-21(15-19-10-6-5-7-11-19)29-25(32)28(20,22)36-26(33)35-14-13-27(4,34)24(16)31/h5-8,10-14,16,20-23,30,34H,9,15H2,1-4H3,(H,29,32)/t16?,20-,21-,22?,23+,27+,28+/m0/s1. The number of aliphatic hydroxyl groups is 2. The lowest BCUT2D eigenvalue weighted by molar-refractivity contribution is -0.151. The van der Waals surface area contributed by atoms with Crippen LogP contribution >= 0.6 is 0 Å². The van der Waals surface area contributed by atoms with Crippen LogP contribution in [0.15, 0.2) is 66.0 Å². The van der Waals surface area contributed by atoms with Gasteiger partial charge in [-0.3, -0.25) is 9.59 Å². The molecule has 1 fully saturated rings. The molecule has 0 radical (unpaired) electrons. The minimum atomic E-state index is -1.85. The highest BCUT2D eigenvalue weighted by Gasteiger charge is 2.66. The van der Waals surface area contributed by atoms with E-state index in [-0.39, 0.29) is 6.42 Å². The molecule has 1 aromatic carbocycles. The predicted octanol–water partition coefficient (Wildman–Crippen LogP) is 2.99. The van der Waals surface area contributed by atoms with E-state index >= 15 is 0 Å². The van der Waals surface area contributed by atoms with Gasteiger partial charge in [-0.05, 0) is 50.8 Å². The molecule has 1 amide bonds. The second kappa shape index (κ2) is 9.67. The zero-order chi connectivity index (χ0) is 26.3. The molecular weight excluding hydrogens is 462 g/mol. The summed E-state index contributed by atoms with van der Waals surface area (Å²) >= 11 is 0. The molecule has 192 valence electrons. The Morgan fingerprint density at radius 2 is 1.81 bits per heavy atom. The van der Waals surface area contributed by atoms with Crippen LogP contribution in [-0.2, 0) is 25.5 Å². The summed E-state index contributed by atoms with van der Waals surface area (Å²) in [5.41, 5.74) is -1.13. The molecule has 4 rings (SSSR count). The maximum atomic E-state index is 13.7. The van der Waals surface area contributed by atoms with Gasteiger partial charge in [0, 0.05) is 12.0 Å². The average Bonchev–Trinajstić information content (AvgIpc) is 3.10. The molecule has 3 N–H and O–H groups in total. The first-order chi connectivity index (χ1) is 17.0. The van der Waals surface area contributed by atoms with Crippen molar-refractivity contribution in [1.82, 2.24) is 5.32 Å². The van der Waals surface area contributed by atoms with Crippen LogP contribution < -0.4 is 5.32 Å². The summed E-state index contributed by atoms with van der Waals surface area (Å²) in [5.74, 6) is -3.00. The highest BCUT2D eigenvalue weighted by Crippen LogP contribution is 2.50. The molecule has 0 aromatic heterocycles. The monoisotopic (exact) mass is 495 g/mol. The number of ether oxygens (including phenoxy) is 2. The molecule has 7 atom stereocenters. The molecule has 8 heteroatoms. The van der Waals surface area contributed by atoms with Crippen molar-refractivity contribution in [2.45, 2.75) is 63.9 Å². The average molecular weight is 496 g/mol. The summed E-state index contributed by atoms with van der Waals surface area (Å²) in [6.45, 7) is 6.65. The molecule has 1 aliphatic carbocycles. The first-order valence-electron chi connectivity index (χ1n) is 12.2. The van der Waals surface area contributed by atoms with Crippen molar-refractivity contribution in [2.75, 3.05) is 0 Å². The van der Waals surface area contributed by atoms with E-state index in [1.54, 1.807) is 19.1 Å². The zero-order valence-corrected chi connectivity index (χ0v) is 20.9. The second-order valence-electron chi connectivity index (χ2n) is 10.2. The topological polar surface area (TPSA) is 122 Å². The zero-order valence-electron chi connectivity index (χ0n) is 20.9. The second-order valence-corrected chi connectivity index (χ2v) is 10.2. The number of Topliss-reactive ketones (excluding diaryl/α,β-unsaturated/α-hetero) is 1. The SMILES string of the molecule is CC1=C(C)[C@@H](O)[C@@H]2C=CCC(C)C(=O)[C@](C)(O)C=COC(=O)O[C@]23C(=O)N[C@@H](Cc2ccccc2)C13. The molecular formula is C28H33NO7. The lowest BCUT2D eigenvalue weighted by Gasteiger charge is -2.45. The van der Waals surface area contributed by atoms with E-state index in [1.165, 1.54) is 6.92 Å². The molecule has 36 heavy (non-hydrogen) atoms. The number of amides is 1. The van der Waals surface area contributed by atoms with Crippen molar-refractivity contribution in [3.05, 3.63) is 71.5 Å². The predicted molar refractivity (Wildman–Crippen MR) is 131 cm³/mol. The molecule has 2 unspecified atom stereocenters. The molecule has 2 heterocycles. The van der Waals surface area contributed by atoms with Crippen molar-refractivity contribution >= 4 is 17.8 Å². The third-order valence-electron chi connectivity index (χ3n) is 7.79. The van der Waals surface area contributed by atoms with Gasteiger partial charge in [-0.15, -0.1) is 0 Å². The van der Waals surface area contributed by atoms with Crippen LogP contribution in [0.25, 0.3) is 0 Å². The maximum Gasteiger partial charge on any atom is 0.514 e. The summed E-state index contributed by atoms with van der Waals surface area (Å²) < 4.78 is 10.9. The van der Waals surface area contributed by atoms with Gasteiger partial charge in [-0.2, -0.15) is 0 Å². The molecule has 1 aromatic rings. The van der Waals surface area contributed by atoms with Gasteiger partial charge in [0.05, 0.1) is 24.2 Å². The summed E-state index contributed by atoms with van der Waals surface area (Å²) in [6, 6.07) is 9.29. The molecule has 1 spiro atoms. The number of carbonyl (C=O) groups is 3. The van der Waals surface area contributed by atoms with E-state index in [1.807, 2.05) is 44.2 Å². The lowest BCUT2D eigenvalue weighted by Crippen LogP contribution is -2.59. The van der Waals surface area contributed by atoms with Gasteiger partial charge < -0.3 is 25.0 Å². The van der Waals surface area contributed by atoms with Crippen molar-refractivity contribution in [2.24, 2.45) is 17.8 Å².